The first-order chi connectivity index (χ1) is 35.1. The monoisotopic (exact) mass is 1110 g/mol. The molecule has 0 saturated heterocycles. The van der Waals surface area contributed by atoms with Gasteiger partial charge in [-0.15, -0.1) is 0 Å². The molecule has 390 valence electrons. The Morgan fingerprint density at radius 1 is 0.493 bits per heavy atom. The molecule has 2 heterocycles. The zero-order valence-corrected chi connectivity index (χ0v) is 45.0. The largest absolute Gasteiger partial charge is 0.478 e. The van der Waals surface area contributed by atoms with Crippen molar-refractivity contribution >= 4 is 112 Å². The molecule has 0 amide bonds. The van der Waals surface area contributed by atoms with Gasteiger partial charge in [0.2, 0.25) is 0 Å². The molecular weight excluding hydrogens is 1070 g/mol. The molecule has 0 aliphatic rings. The van der Waals surface area contributed by atoms with Crippen LogP contribution in [0.3, 0.4) is 0 Å². The lowest BCUT2D eigenvalue weighted by molar-refractivity contribution is -0.153. The van der Waals surface area contributed by atoms with Gasteiger partial charge in [-0.05, 0) is 163 Å². The van der Waals surface area contributed by atoms with E-state index in [0.29, 0.717) is 27.7 Å². The highest BCUT2D eigenvalue weighted by Gasteiger charge is 2.32. The van der Waals surface area contributed by atoms with Gasteiger partial charge in [0.1, 0.15) is 24.3 Å². The fourth-order valence-electron chi connectivity index (χ4n) is 7.77. The zero-order chi connectivity index (χ0) is 54.8. The minimum atomic E-state index is -4.29. The van der Waals surface area contributed by atoms with Crippen LogP contribution < -0.4 is 8.61 Å². The number of esters is 2. The molecule has 2 N–H and O–H groups in total. The second-order valence-corrected chi connectivity index (χ2v) is 23.9. The third kappa shape index (κ3) is 13.3. The highest BCUT2D eigenvalue weighted by Crippen LogP contribution is 2.34. The smallest absolute Gasteiger partial charge is 0.335 e. The molecule has 2 aromatic heterocycles. The third-order valence-electron chi connectivity index (χ3n) is 10.9. The Morgan fingerprint density at radius 2 is 0.893 bits per heavy atom. The molecule has 0 saturated carbocycles. The third-order valence-corrected chi connectivity index (χ3v) is 15.1. The van der Waals surface area contributed by atoms with Crippen molar-refractivity contribution in [3.05, 3.63) is 178 Å². The number of fused-ring (bicyclic) bond motifs is 2. The number of benzene rings is 6. The number of aromatic carboxylic acids is 2. The van der Waals surface area contributed by atoms with Crippen molar-refractivity contribution in [1.29, 1.82) is 0 Å². The average Bonchev–Trinajstić information content (AvgIpc) is 3.95. The number of rotatable bonds is 14. The maximum Gasteiger partial charge on any atom is 0.335 e. The summed E-state index contributed by atoms with van der Waals surface area (Å²) in [5.41, 5.74) is 1.83. The van der Waals surface area contributed by atoms with Crippen molar-refractivity contribution in [3.63, 3.8) is 0 Å². The number of carboxylic acid groups (broad SMARTS) is 2. The Hall–Kier alpha value is -7.35. The van der Waals surface area contributed by atoms with E-state index in [4.69, 9.17) is 44.3 Å². The number of aromatic nitrogens is 2. The van der Waals surface area contributed by atoms with Crippen LogP contribution in [0.2, 0.25) is 15.1 Å². The van der Waals surface area contributed by atoms with Gasteiger partial charge in [0.05, 0.1) is 43.3 Å². The fraction of sp³-hybridized carbons (Fsp3) is 0.185. The SMILES string of the molecule is CC(C)(C)OC(=O)CN(c1ccc2c(ccn2-c2cccc(C(=O)O)c2)c1)S(=O)(=O)c1cc(Cl)cc(Cl)c1.CC(C)(C)OC(=O)CN(c1ccc2c(ccn2-c2cccc(C(=O)O)c2)c1)S(=O)(=O)c1cccc(Cl)c1. The molecule has 0 radical (unpaired) electrons. The van der Waals surface area contributed by atoms with Crippen LogP contribution in [0.1, 0.15) is 62.3 Å². The summed E-state index contributed by atoms with van der Waals surface area (Å²) in [6, 6.07) is 36.1. The standard InChI is InChI=1S/C27H24Cl2N2O6S.C27H25ClN2O6S/c1-27(2,3)37-25(32)16-31(38(35,36)23-14-19(28)13-20(29)15-23)22-7-8-24-17(11-22)9-10-30(24)21-6-4-5-18(12-21)26(33)34;1-27(2,3)36-25(31)17-30(37(34,35)23-9-5-7-20(28)16-23)22-10-11-24-18(14-22)12-13-29(24)21-8-4-6-19(15-21)26(32)33/h4-15H,16H2,1-3H3,(H,33,34);4-16H,17H2,1-3H3,(H,32,33). The summed E-state index contributed by atoms with van der Waals surface area (Å²) in [6.45, 7) is 9.05. The van der Waals surface area contributed by atoms with Gasteiger partial charge in [-0.25, -0.2) is 26.4 Å². The van der Waals surface area contributed by atoms with Gasteiger partial charge in [-0.2, -0.15) is 0 Å². The molecule has 0 atom stereocenters. The number of carboxylic acids is 2. The Kier molecular flexibility index (Phi) is 16.1. The average molecular weight is 1120 g/mol. The molecule has 8 aromatic rings. The van der Waals surface area contributed by atoms with Crippen LogP contribution >= 0.6 is 34.8 Å². The summed E-state index contributed by atoms with van der Waals surface area (Å²) in [5, 5.41) is 20.5. The number of carbonyl (C=O) groups excluding carboxylic acids is 2. The molecule has 0 bridgehead atoms. The summed E-state index contributed by atoms with van der Waals surface area (Å²) < 4.78 is 71.1. The summed E-state index contributed by atoms with van der Waals surface area (Å²) >= 11 is 18.2. The second kappa shape index (κ2) is 21.9. The Morgan fingerprint density at radius 3 is 1.29 bits per heavy atom. The van der Waals surface area contributed by atoms with Gasteiger partial charge in [-0.1, -0.05) is 53.0 Å². The van der Waals surface area contributed by atoms with E-state index in [1.807, 2.05) is 0 Å². The highest BCUT2D eigenvalue weighted by atomic mass is 35.5. The van der Waals surface area contributed by atoms with Crippen molar-refractivity contribution in [2.75, 3.05) is 21.7 Å². The number of halogens is 3. The number of anilines is 2. The van der Waals surface area contributed by atoms with E-state index in [1.165, 1.54) is 54.6 Å². The first-order valence-electron chi connectivity index (χ1n) is 22.7. The maximum atomic E-state index is 13.7. The highest BCUT2D eigenvalue weighted by molar-refractivity contribution is 7.93. The van der Waals surface area contributed by atoms with Crippen molar-refractivity contribution < 1.29 is 55.7 Å². The van der Waals surface area contributed by atoms with Gasteiger partial charge in [0.25, 0.3) is 20.0 Å². The van der Waals surface area contributed by atoms with Crippen LogP contribution in [0.5, 0.6) is 0 Å². The van der Waals surface area contributed by atoms with Crippen LogP contribution in [0, 0.1) is 0 Å². The zero-order valence-electron chi connectivity index (χ0n) is 41.1. The summed E-state index contributed by atoms with van der Waals surface area (Å²) in [7, 11) is -8.47. The Labute approximate surface area is 447 Å². The lowest BCUT2D eigenvalue weighted by atomic mass is 10.2. The molecule has 0 fully saturated rings. The molecule has 0 spiro atoms. The summed E-state index contributed by atoms with van der Waals surface area (Å²) in [6.07, 6.45) is 3.51. The molecule has 16 nitrogen and oxygen atoms in total. The van der Waals surface area contributed by atoms with Crippen molar-refractivity contribution in [2.45, 2.75) is 62.5 Å². The molecule has 6 aromatic carbocycles. The summed E-state index contributed by atoms with van der Waals surface area (Å²) in [4.78, 5) is 48.0. The molecule has 0 aliphatic carbocycles. The molecule has 21 heteroatoms. The maximum absolute atomic E-state index is 13.7. The quantitative estimate of drug-likeness (QED) is 0.0974. The van der Waals surface area contributed by atoms with Crippen molar-refractivity contribution in [2.24, 2.45) is 0 Å². The molecule has 75 heavy (non-hydrogen) atoms. The number of hydrogen-bond donors (Lipinski definition) is 2. The van der Waals surface area contributed by atoms with Gasteiger partial charge >= 0.3 is 23.9 Å². The van der Waals surface area contributed by atoms with Crippen LogP contribution in [0.4, 0.5) is 11.4 Å². The number of sulfonamides is 2. The Balaban J connectivity index is 0.000000219. The van der Waals surface area contributed by atoms with E-state index in [-0.39, 0.29) is 47.4 Å². The van der Waals surface area contributed by atoms with E-state index in [1.54, 1.807) is 148 Å². The van der Waals surface area contributed by atoms with Crippen molar-refractivity contribution in [1.82, 2.24) is 9.13 Å². The molecular formula is C54H49Cl3N4O12S2. The predicted molar refractivity (Wildman–Crippen MR) is 289 cm³/mol. The number of ether oxygens (including phenoxy) is 2. The number of nitrogens with zero attached hydrogens (tertiary/aromatic N) is 4. The first-order valence-corrected chi connectivity index (χ1v) is 26.7. The van der Waals surface area contributed by atoms with E-state index < -0.39 is 68.2 Å². The van der Waals surface area contributed by atoms with E-state index in [9.17, 15) is 46.2 Å². The molecule has 8 rings (SSSR count). The number of carbonyl (C=O) groups is 4. The van der Waals surface area contributed by atoms with E-state index in [0.717, 1.165) is 14.1 Å². The summed E-state index contributed by atoms with van der Waals surface area (Å²) in [5.74, 6) is -3.53. The van der Waals surface area contributed by atoms with Crippen LogP contribution in [-0.4, -0.2) is 84.4 Å². The minimum Gasteiger partial charge on any atom is -0.478 e. The van der Waals surface area contributed by atoms with Gasteiger partial charge in [-0.3, -0.25) is 18.2 Å². The normalized spacial score (nSPS) is 11.9. The van der Waals surface area contributed by atoms with Gasteiger partial charge in [0, 0.05) is 49.6 Å². The van der Waals surface area contributed by atoms with Crippen molar-refractivity contribution in [3.8, 4) is 11.4 Å². The van der Waals surface area contributed by atoms with Gasteiger partial charge in [0.15, 0.2) is 0 Å². The number of hydrogen-bond acceptors (Lipinski definition) is 10. The predicted octanol–water partition coefficient (Wildman–Crippen LogP) is 11.7. The van der Waals surface area contributed by atoms with Gasteiger partial charge < -0.3 is 28.8 Å². The van der Waals surface area contributed by atoms with Crippen LogP contribution in [0.25, 0.3) is 33.2 Å². The fourth-order valence-corrected chi connectivity index (χ4v) is 11.6. The first kappa shape index (κ1) is 55.4. The topological polar surface area (TPSA) is 212 Å². The lowest BCUT2D eigenvalue weighted by Crippen LogP contribution is -2.39. The molecule has 0 aliphatic heterocycles. The minimum absolute atomic E-state index is 0.0632. The van der Waals surface area contributed by atoms with E-state index >= 15 is 0 Å². The van der Waals surface area contributed by atoms with Crippen LogP contribution in [-0.2, 0) is 39.1 Å². The lowest BCUT2D eigenvalue weighted by Gasteiger charge is -2.26. The molecule has 0 unspecified atom stereocenters. The van der Waals surface area contributed by atoms with E-state index in [2.05, 4.69) is 0 Å². The Bertz CT molecular complexity index is 3730. The second-order valence-electron chi connectivity index (χ2n) is 18.8. The van der Waals surface area contributed by atoms with Crippen LogP contribution in [0.15, 0.2) is 162 Å².